The largest absolute Gasteiger partial charge is 0.484 e. The molecule has 1 aromatic carbocycles. The first kappa shape index (κ1) is 14.5. The van der Waals surface area contributed by atoms with Crippen molar-refractivity contribution in [1.82, 2.24) is 5.32 Å². The number of carbonyl (C=O) groups is 1. The molecule has 0 saturated heterocycles. The minimum Gasteiger partial charge on any atom is -0.275 e. The first-order chi connectivity index (χ1) is 8.47. The Morgan fingerprint density at radius 2 is 1.72 bits per heavy atom. The van der Waals surface area contributed by atoms with Gasteiger partial charge in [-0.25, -0.2) is 0 Å². The van der Waals surface area contributed by atoms with E-state index in [1.165, 1.54) is 5.56 Å². The smallest absolute Gasteiger partial charge is 0.275 e. The number of benzene rings is 1. The normalized spacial score (nSPS) is 11.3. The van der Waals surface area contributed by atoms with E-state index in [2.05, 4.69) is 0 Å². The maximum Gasteiger partial charge on any atom is 0.484 e. The Bertz CT molecular complexity index is 362. The second-order valence-corrected chi connectivity index (χ2v) is 4.09. The zero-order valence-electron chi connectivity index (χ0n) is 9.96. The predicted molar refractivity (Wildman–Crippen MR) is 62.8 cm³/mol. The van der Waals surface area contributed by atoms with Gasteiger partial charge in [-0.3, -0.25) is 10.1 Å². The molecule has 0 aliphatic carbocycles. The van der Waals surface area contributed by atoms with Crippen molar-refractivity contribution in [3.8, 4) is 0 Å². The highest BCUT2D eigenvalue weighted by Crippen LogP contribution is 2.11. The summed E-state index contributed by atoms with van der Waals surface area (Å²) in [6, 6.07) is 9.86. The van der Waals surface area contributed by atoms with Crippen molar-refractivity contribution in [2.24, 2.45) is 0 Å². The van der Waals surface area contributed by atoms with Gasteiger partial charge in [0, 0.05) is 6.42 Å². The van der Waals surface area contributed by atoms with E-state index < -0.39 is 12.2 Å². The average molecular weight is 259 g/mol. The van der Waals surface area contributed by atoms with Gasteiger partial charge in [-0.2, -0.15) is 13.2 Å². The van der Waals surface area contributed by atoms with Crippen LogP contribution in [0.5, 0.6) is 0 Å². The van der Waals surface area contributed by atoms with Crippen LogP contribution in [0.25, 0.3) is 0 Å². The molecule has 0 unspecified atom stereocenters. The molecule has 0 saturated carbocycles. The third kappa shape index (κ3) is 6.93. The van der Waals surface area contributed by atoms with Gasteiger partial charge in [0.15, 0.2) is 0 Å². The lowest BCUT2D eigenvalue weighted by atomic mass is 10.1. The number of nitrogens with one attached hydrogen (secondary N) is 1. The van der Waals surface area contributed by atoms with Gasteiger partial charge in [-0.05, 0) is 24.8 Å². The van der Waals surface area contributed by atoms with Crippen molar-refractivity contribution in [2.75, 3.05) is 0 Å². The van der Waals surface area contributed by atoms with Crippen LogP contribution < -0.4 is 5.32 Å². The fourth-order valence-electron chi connectivity index (χ4n) is 1.66. The van der Waals surface area contributed by atoms with E-state index in [4.69, 9.17) is 0 Å². The minimum absolute atomic E-state index is 0.0751. The maximum atomic E-state index is 11.8. The summed E-state index contributed by atoms with van der Waals surface area (Å²) in [6.45, 7) is 0. The average Bonchev–Trinajstić information content (AvgIpc) is 2.27. The highest BCUT2D eigenvalue weighted by atomic mass is 19.4. The third-order valence-corrected chi connectivity index (χ3v) is 2.49. The summed E-state index contributed by atoms with van der Waals surface area (Å²) >= 11 is 0. The lowest BCUT2D eigenvalue weighted by Crippen LogP contribution is -2.36. The molecule has 0 atom stereocenters. The van der Waals surface area contributed by atoms with Gasteiger partial charge in [-0.15, -0.1) is 0 Å². The molecule has 5 heteroatoms. The van der Waals surface area contributed by atoms with Gasteiger partial charge in [0.05, 0.1) is 0 Å². The Morgan fingerprint density at radius 3 is 2.33 bits per heavy atom. The molecule has 0 bridgehead atoms. The molecule has 1 amide bonds. The van der Waals surface area contributed by atoms with Crippen LogP contribution in [0.3, 0.4) is 0 Å². The van der Waals surface area contributed by atoms with Gasteiger partial charge >= 0.3 is 6.30 Å². The summed E-state index contributed by atoms with van der Waals surface area (Å²) in [5.74, 6) is -0.956. The van der Waals surface area contributed by atoms with Crippen molar-refractivity contribution in [2.45, 2.75) is 38.4 Å². The van der Waals surface area contributed by atoms with E-state index in [9.17, 15) is 18.0 Å². The van der Waals surface area contributed by atoms with Crippen molar-refractivity contribution in [1.29, 1.82) is 0 Å². The van der Waals surface area contributed by atoms with E-state index >= 15 is 0 Å². The molecule has 18 heavy (non-hydrogen) atoms. The zero-order valence-corrected chi connectivity index (χ0v) is 9.96. The predicted octanol–water partition coefficient (Wildman–Crippen LogP) is 3.43. The molecule has 0 heterocycles. The molecular weight excluding hydrogens is 243 g/mol. The first-order valence-corrected chi connectivity index (χ1v) is 5.89. The van der Waals surface area contributed by atoms with E-state index in [-0.39, 0.29) is 6.42 Å². The molecule has 0 aliphatic heterocycles. The van der Waals surface area contributed by atoms with Crippen molar-refractivity contribution >= 4 is 5.91 Å². The number of rotatable bonds is 6. The summed E-state index contributed by atoms with van der Waals surface area (Å²) in [5.41, 5.74) is 1.21. The highest BCUT2D eigenvalue weighted by molar-refractivity contribution is 5.76. The Kier molecular flexibility index (Phi) is 5.68. The van der Waals surface area contributed by atoms with Crippen molar-refractivity contribution < 1.29 is 18.0 Å². The fourth-order valence-corrected chi connectivity index (χ4v) is 1.66. The van der Waals surface area contributed by atoms with Crippen LogP contribution in [0.15, 0.2) is 30.3 Å². The fraction of sp³-hybridized carbons (Fsp3) is 0.462. The van der Waals surface area contributed by atoms with Gasteiger partial charge in [0.25, 0.3) is 0 Å². The Hall–Kier alpha value is -1.52. The number of aryl methyl sites for hydroxylation is 1. The summed E-state index contributed by atoms with van der Waals surface area (Å²) < 4.78 is 35.3. The van der Waals surface area contributed by atoms with Crippen LogP contribution in [0.1, 0.15) is 31.2 Å². The molecule has 0 aliphatic rings. The Morgan fingerprint density at radius 1 is 1.06 bits per heavy atom. The van der Waals surface area contributed by atoms with Crippen LogP contribution in [0.2, 0.25) is 0 Å². The molecular formula is C13H16F3NO. The van der Waals surface area contributed by atoms with Gasteiger partial charge in [0.1, 0.15) is 0 Å². The van der Waals surface area contributed by atoms with Gasteiger partial charge < -0.3 is 0 Å². The van der Waals surface area contributed by atoms with Gasteiger partial charge in [-0.1, -0.05) is 36.8 Å². The molecule has 2 nitrogen and oxygen atoms in total. The van der Waals surface area contributed by atoms with E-state index in [0.29, 0.717) is 6.42 Å². The van der Waals surface area contributed by atoms with Crippen LogP contribution in [0, 0.1) is 0 Å². The maximum absolute atomic E-state index is 11.8. The first-order valence-electron chi connectivity index (χ1n) is 5.89. The Labute approximate surface area is 104 Å². The van der Waals surface area contributed by atoms with Crippen molar-refractivity contribution in [3.05, 3.63) is 35.9 Å². The van der Waals surface area contributed by atoms with Crippen LogP contribution in [-0.2, 0) is 11.2 Å². The quantitative estimate of drug-likeness (QED) is 0.615. The van der Waals surface area contributed by atoms with E-state index in [0.717, 1.165) is 24.6 Å². The third-order valence-electron chi connectivity index (χ3n) is 2.49. The monoisotopic (exact) mass is 259 g/mol. The van der Waals surface area contributed by atoms with Crippen molar-refractivity contribution in [3.63, 3.8) is 0 Å². The molecule has 1 N–H and O–H groups in total. The number of unbranched alkanes of at least 4 members (excludes halogenated alkanes) is 2. The zero-order chi connectivity index (χ0) is 13.4. The summed E-state index contributed by atoms with van der Waals surface area (Å²) in [6.07, 6.45) is -1.69. The second kappa shape index (κ2) is 7.03. The van der Waals surface area contributed by atoms with Crippen LogP contribution >= 0.6 is 0 Å². The number of halogens is 3. The lowest BCUT2D eigenvalue weighted by Gasteiger charge is -2.08. The SMILES string of the molecule is O=C(CCCCCc1ccccc1)NC(F)(F)F. The topological polar surface area (TPSA) is 29.1 Å². The number of hydrogen-bond donors (Lipinski definition) is 1. The molecule has 0 radical (unpaired) electrons. The van der Waals surface area contributed by atoms with Gasteiger partial charge in [0.2, 0.25) is 5.91 Å². The molecule has 100 valence electrons. The molecule has 0 fully saturated rings. The van der Waals surface area contributed by atoms with Crippen LogP contribution in [0.4, 0.5) is 13.2 Å². The number of alkyl halides is 3. The summed E-state index contributed by atoms with van der Waals surface area (Å²) in [5, 5.41) is 0.989. The number of amides is 1. The molecule has 1 aromatic rings. The number of carbonyl (C=O) groups excluding carboxylic acids is 1. The summed E-state index contributed by atoms with van der Waals surface area (Å²) in [7, 11) is 0. The molecule has 0 aromatic heterocycles. The lowest BCUT2D eigenvalue weighted by molar-refractivity contribution is -0.169. The Balaban J connectivity index is 2.07. The van der Waals surface area contributed by atoms with E-state index in [1.54, 1.807) is 0 Å². The summed E-state index contributed by atoms with van der Waals surface area (Å²) in [4.78, 5) is 10.9. The van der Waals surface area contributed by atoms with E-state index in [1.807, 2.05) is 30.3 Å². The standard InChI is InChI=1S/C13H16F3NO/c14-13(15,16)17-12(18)10-6-2-5-9-11-7-3-1-4-8-11/h1,3-4,7-8H,2,5-6,9-10H2,(H,17,18). The molecule has 1 rings (SSSR count). The number of hydrogen-bond acceptors (Lipinski definition) is 1. The highest BCUT2D eigenvalue weighted by Gasteiger charge is 2.29. The van der Waals surface area contributed by atoms with Crippen LogP contribution in [-0.4, -0.2) is 12.2 Å². The second-order valence-electron chi connectivity index (χ2n) is 4.09. The molecule has 0 spiro atoms. The minimum atomic E-state index is -4.61.